The summed E-state index contributed by atoms with van der Waals surface area (Å²) >= 11 is 0. The van der Waals surface area contributed by atoms with Crippen LogP contribution in [0.3, 0.4) is 0 Å². The maximum absolute atomic E-state index is 12.0. The van der Waals surface area contributed by atoms with Crippen molar-refractivity contribution in [1.82, 2.24) is 5.32 Å². The number of hydrogen-bond acceptors (Lipinski definition) is 6. The van der Waals surface area contributed by atoms with E-state index in [4.69, 9.17) is 10.8 Å². The van der Waals surface area contributed by atoms with E-state index in [1.165, 1.54) is 0 Å². The van der Waals surface area contributed by atoms with Crippen molar-refractivity contribution < 1.29 is 14.7 Å². The lowest BCUT2D eigenvalue weighted by Crippen LogP contribution is -2.41. The molecule has 0 aliphatic rings. The van der Waals surface area contributed by atoms with Crippen molar-refractivity contribution in [2.45, 2.75) is 12.5 Å². The number of hydrogen-bond donors (Lipinski definition) is 4. The fraction of sp³-hybridized carbons (Fsp3) is 0.222. The summed E-state index contributed by atoms with van der Waals surface area (Å²) in [7, 11) is 0. The van der Waals surface area contributed by atoms with Crippen LogP contribution in [0.15, 0.2) is 64.8 Å². The first kappa shape index (κ1) is 19.2. The number of aliphatic carboxylic acids is 1. The summed E-state index contributed by atoms with van der Waals surface area (Å²) in [5.41, 5.74) is 7.27. The standard InChI is InChI=1S/C18H21N5O3/c19-10-11-20-16(18(25)26)12-17(24)21-13-6-8-15(9-7-13)23-22-14-4-2-1-3-5-14/h1-9,16,20H,10-12,19H2,(H,21,24)(H,25,26). The molecule has 136 valence electrons. The molecule has 0 fully saturated rings. The average molecular weight is 355 g/mol. The van der Waals surface area contributed by atoms with Gasteiger partial charge in [-0.15, -0.1) is 0 Å². The molecule has 0 saturated heterocycles. The van der Waals surface area contributed by atoms with Crippen LogP contribution in [0, 0.1) is 0 Å². The lowest BCUT2D eigenvalue weighted by molar-refractivity contribution is -0.141. The largest absolute Gasteiger partial charge is 0.480 e. The third kappa shape index (κ3) is 6.42. The molecule has 0 aliphatic heterocycles. The van der Waals surface area contributed by atoms with Crippen LogP contribution >= 0.6 is 0 Å². The first-order valence-corrected chi connectivity index (χ1v) is 8.11. The number of anilines is 1. The number of rotatable bonds is 9. The number of carbonyl (C=O) groups excluding carboxylic acids is 1. The molecule has 5 N–H and O–H groups in total. The Labute approximate surface area is 151 Å². The van der Waals surface area contributed by atoms with Crippen molar-refractivity contribution in [2.24, 2.45) is 16.0 Å². The second kappa shape index (κ2) is 10.0. The monoisotopic (exact) mass is 355 g/mol. The maximum atomic E-state index is 12.0. The fourth-order valence-corrected chi connectivity index (χ4v) is 2.12. The Hall–Kier alpha value is -3.10. The van der Waals surface area contributed by atoms with Crippen LogP contribution < -0.4 is 16.4 Å². The fourth-order valence-electron chi connectivity index (χ4n) is 2.12. The van der Waals surface area contributed by atoms with Gasteiger partial charge in [0.2, 0.25) is 5.91 Å². The van der Waals surface area contributed by atoms with Crippen LogP contribution in [-0.4, -0.2) is 36.1 Å². The van der Waals surface area contributed by atoms with E-state index in [0.717, 1.165) is 5.69 Å². The van der Waals surface area contributed by atoms with E-state index < -0.39 is 17.9 Å². The van der Waals surface area contributed by atoms with Gasteiger partial charge < -0.3 is 21.5 Å². The number of nitrogens with one attached hydrogen (secondary N) is 2. The molecule has 1 atom stereocenters. The zero-order valence-corrected chi connectivity index (χ0v) is 14.1. The highest BCUT2D eigenvalue weighted by atomic mass is 16.4. The van der Waals surface area contributed by atoms with Crippen LogP contribution in [0.5, 0.6) is 0 Å². The van der Waals surface area contributed by atoms with Crippen LogP contribution in [0.1, 0.15) is 6.42 Å². The third-order valence-corrected chi connectivity index (χ3v) is 3.41. The molecule has 1 unspecified atom stereocenters. The predicted octanol–water partition coefficient (Wildman–Crippen LogP) is 2.43. The van der Waals surface area contributed by atoms with Gasteiger partial charge >= 0.3 is 5.97 Å². The molecule has 2 aromatic carbocycles. The molecule has 0 bridgehead atoms. The molecule has 0 radical (unpaired) electrons. The summed E-state index contributed by atoms with van der Waals surface area (Å²) in [4.78, 5) is 23.1. The maximum Gasteiger partial charge on any atom is 0.321 e. The van der Waals surface area contributed by atoms with Gasteiger partial charge in [0, 0.05) is 18.8 Å². The lowest BCUT2D eigenvalue weighted by atomic mass is 10.2. The van der Waals surface area contributed by atoms with Gasteiger partial charge in [-0.25, -0.2) is 0 Å². The van der Waals surface area contributed by atoms with Crippen LogP contribution in [0.25, 0.3) is 0 Å². The number of amides is 1. The van der Waals surface area contributed by atoms with Gasteiger partial charge in [-0.2, -0.15) is 10.2 Å². The van der Waals surface area contributed by atoms with Crippen LogP contribution in [-0.2, 0) is 9.59 Å². The highest BCUT2D eigenvalue weighted by molar-refractivity contribution is 5.94. The number of carbonyl (C=O) groups is 2. The summed E-state index contributed by atoms with van der Waals surface area (Å²) in [5.74, 6) is -1.49. The smallest absolute Gasteiger partial charge is 0.321 e. The van der Waals surface area contributed by atoms with Crippen molar-refractivity contribution in [1.29, 1.82) is 0 Å². The molecule has 0 aromatic heterocycles. The van der Waals surface area contributed by atoms with Gasteiger partial charge in [-0.05, 0) is 36.4 Å². The highest BCUT2D eigenvalue weighted by Crippen LogP contribution is 2.20. The molecular formula is C18H21N5O3. The van der Waals surface area contributed by atoms with E-state index in [-0.39, 0.29) is 6.42 Å². The first-order chi connectivity index (χ1) is 12.6. The number of carboxylic acids is 1. The van der Waals surface area contributed by atoms with E-state index in [2.05, 4.69) is 20.9 Å². The van der Waals surface area contributed by atoms with E-state index in [1.54, 1.807) is 24.3 Å². The van der Waals surface area contributed by atoms with Gasteiger partial charge in [0.1, 0.15) is 6.04 Å². The minimum absolute atomic E-state index is 0.190. The van der Waals surface area contributed by atoms with Gasteiger partial charge in [0.05, 0.1) is 17.8 Å². The van der Waals surface area contributed by atoms with E-state index >= 15 is 0 Å². The summed E-state index contributed by atoms with van der Waals surface area (Å²) in [6.07, 6.45) is -0.190. The Kier molecular flexibility index (Phi) is 7.41. The number of carboxylic acid groups (broad SMARTS) is 1. The molecular weight excluding hydrogens is 334 g/mol. The molecule has 0 saturated carbocycles. The Bertz CT molecular complexity index is 747. The van der Waals surface area contributed by atoms with Crippen molar-refractivity contribution in [3.05, 3.63) is 54.6 Å². The molecule has 0 aliphatic carbocycles. The van der Waals surface area contributed by atoms with Crippen LogP contribution in [0.2, 0.25) is 0 Å². The lowest BCUT2D eigenvalue weighted by Gasteiger charge is -2.13. The molecule has 1 amide bonds. The molecule has 2 rings (SSSR count). The van der Waals surface area contributed by atoms with Crippen molar-refractivity contribution in [3.63, 3.8) is 0 Å². The third-order valence-electron chi connectivity index (χ3n) is 3.41. The van der Waals surface area contributed by atoms with Crippen molar-refractivity contribution in [3.8, 4) is 0 Å². The number of nitrogens with zero attached hydrogens (tertiary/aromatic N) is 2. The molecule has 8 heteroatoms. The normalized spacial score (nSPS) is 12.0. The SMILES string of the molecule is NCCNC(CC(=O)Nc1ccc(N=Nc2ccccc2)cc1)C(=O)O. The molecule has 0 spiro atoms. The Morgan fingerprint density at radius 2 is 1.62 bits per heavy atom. The minimum Gasteiger partial charge on any atom is -0.480 e. The molecule has 8 nitrogen and oxygen atoms in total. The van der Waals surface area contributed by atoms with E-state index in [9.17, 15) is 9.59 Å². The summed E-state index contributed by atoms with van der Waals surface area (Å²) in [6.45, 7) is 0.621. The average Bonchev–Trinajstić information content (AvgIpc) is 2.65. The van der Waals surface area contributed by atoms with Gasteiger partial charge in [-0.1, -0.05) is 18.2 Å². The zero-order valence-electron chi connectivity index (χ0n) is 14.1. The quantitative estimate of drug-likeness (QED) is 0.513. The molecule has 0 heterocycles. The second-order valence-corrected chi connectivity index (χ2v) is 5.47. The predicted molar refractivity (Wildman–Crippen MR) is 98.8 cm³/mol. The van der Waals surface area contributed by atoms with Crippen molar-refractivity contribution >= 4 is 28.9 Å². The van der Waals surface area contributed by atoms with Gasteiger partial charge in [0.25, 0.3) is 0 Å². The first-order valence-electron chi connectivity index (χ1n) is 8.11. The zero-order chi connectivity index (χ0) is 18.8. The number of azo groups is 1. The Balaban J connectivity index is 1.90. The van der Waals surface area contributed by atoms with E-state index in [1.807, 2.05) is 30.3 Å². The highest BCUT2D eigenvalue weighted by Gasteiger charge is 2.20. The van der Waals surface area contributed by atoms with Gasteiger partial charge in [0.15, 0.2) is 0 Å². The number of nitrogens with two attached hydrogens (primary N) is 1. The summed E-state index contributed by atoms with van der Waals surface area (Å²) < 4.78 is 0. The second-order valence-electron chi connectivity index (χ2n) is 5.47. The topological polar surface area (TPSA) is 129 Å². The van der Waals surface area contributed by atoms with E-state index in [0.29, 0.717) is 24.5 Å². The Morgan fingerprint density at radius 1 is 1.00 bits per heavy atom. The minimum atomic E-state index is -1.09. The van der Waals surface area contributed by atoms with Crippen LogP contribution in [0.4, 0.5) is 17.1 Å². The Morgan fingerprint density at radius 3 is 2.19 bits per heavy atom. The molecule has 2 aromatic rings. The number of benzene rings is 2. The summed E-state index contributed by atoms with van der Waals surface area (Å²) in [5, 5.41) is 22.7. The molecule has 26 heavy (non-hydrogen) atoms. The van der Waals surface area contributed by atoms with Crippen molar-refractivity contribution in [2.75, 3.05) is 18.4 Å². The summed E-state index contributed by atoms with van der Waals surface area (Å²) in [6, 6.07) is 15.1. The van der Waals surface area contributed by atoms with Gasteiger partial charge in [-0.3, -0.25) is 9.59 Å².